The van der Waals surface area contributed by atoms with Gasteiger partial charge >= 0.3 is 0 Å². The summed E-state index contributed by atoms with van der Waals surface area (Å²) >= 11 is 5.78. The van der Waals surface area contributed by atoms with Gasteiger partial charge in [-0.1, -0.05) is 11.6 Å². The highest BCUT2D eigenvalue weighted by atomic mass is 35.5. The number of benzene rings is 1. The zero-order chi connectivity index (χ0) is 11.8. The van der Waals surface area contributed by atoms with Crippen molar-refractivity contribution in [1.29, 1.82) is 0 Å². The molecule has 0 bridgehead atoms. The predicted octanol–water partition coefficient (Wildman–Crippen LogP) is 3.42. The van der Waals surface area contributed by atoms with Crippen LogP contribution >= 0.6 is 11.6 Å². The summed E-state index contributed by atoms with van der Waals surface area (Å²) in [5.41, 5.74) is 2.16. The van der Waals surface area contributed by atoms with Crippen molar-refractivity contribution in [3.05, 3.63) is 47.4 Å². The van der Waals surface area contributed by atoms with Gasteiger partial charge in [-0.3, -0.25) is 0 Å². The Balaban J connectivity index is 2.14. The molecular weight excluding hydrogens is 241 g/mol. The summed E-state index contributed by atoms with van der Waals surface area (Å²) < 4.78 is 12.8. The van der Waals surface area contributed by atoms with Crippen LogP contribution < -0.4 is 0 Å². The minimum absolute atomic E-state index is 0.272. The molecule has 0 amide bonds. The second-order valence-corrected chi connectivity index (χ2v) is 3.98. The molecule has 1 N–H and O–H groups in total. The number of halogens is 2. The second kappa shape index (κ2) is 3.82. The Kier molecular flexibility index (Phi) is 2.30. The van der Waals surface area contributed by atoms with Crippen molar-refractivity contribution in [3.8, 4) is 11.4 Å². The number of nitrogens with one attached hydrogen (secondary N) is 1. The SMILES string of the molecule is Fc1ccc(-c2nc3nc(Cl)ccc3[nH]2)cc1. The number of pyridine rings is 1. The molecule has 1 aromatic carbocycles. The molecule has 0 saturated heterocycles. The third-order valence-electron chi connectivity index (χ3n) is 2.43. The highest BCUT2D eigenvalue weighted by Crippen LogP contribution is 2.20. The van der Waals surface area contributed by atoms with Crippen LogP contribution in [0.15, 0.2) is 36.4 Å². The monoisotopic (exact) mass is 247 g/mol. The maximum absolute atomic E-state index is 12.8. The average molecular weight is 248 g/mol. The van der Waals surface area contributed by atoms with Gasteiger partial charge in [0.2, 0.25) is 0 Å². The number of fused-ring (bicyclic) bond motifs is 1. The lowest BCUT2D eigenvalue weighted by molar-refractivity contribution is 0.628. The number of aromatic nitrogens is 3. The molecule has 0 aliphatic rings. The molecule has 0 atom stereocenters. The minimum Gasteiger partial charge on any atom is -0.337 e. The minimum atomic E-state index is -0.272. The van der Waals surface area contributed by atoms with E-state index in [2.05, 4.69) is 15.0 Å². The third kappa shape index (κ3) is 1.87. The van der Waals surface area contributed by atoms with E-state index in [1.165, 1.54) is 12.1 Å². The van der Waals surface area contributed by atoms with E-state index < -0.39 is 0 Å². The maximum atomic E-state index is 12.8. The van der Waals surface area contributed by atoms with Crippen LogP contribution in [0.2, 0.25) is 5.15 Å². The Morgan fingerprint density at radius 3 is 2.53 bits per heavy atom. The molecule has 84 valence electrons. The van der Waals surface area contributed by atoms with Gasteiger partial charge in [-0.25, -0.2) is 14.4 Å². The molecule has 2 aromatic heterocycles. The van der Waals surface area contributed by atoms with Gasteiger partial charge in [-0.2, -0.15) is 0 Å². The topological polar surface area (TPSA) is 41.6 Å². The Labute approximate surface area is 101 Å². The van der Waals surface area contributed by atoms with Crippen LogP contribution in [0.4, 0.5) is 4.39 Å². The molecule has 0 unspecified atom stereocenters. The molecule has 2 heterocycles. The average Bonchev–Trinajstić information content (AvgIpc) is 2.72. The largest absolute Gasteiger partial charge is 0.337 e. The lowest BCUT2D eigenvalue weighted by Crippen LogP contribution is -1.80. The molecule has 0 saturated carbocycles. The molecule has 3 nitrogen and oxygen atoms in total. The van der Waals surface area contributed by atoms with E-state index in [4.69, 9.17) is 11.6 Å². The molecule has 17 heavy (non-hydrogen) atoms. The van der Waals surface area contributed by atoms with Crippen LogP contribution in [-0.2, 0) is 0 Å². The van der Waals surface area contributed by atoms with Gasteiger partial charge < -0.3 is 4.98 Å². The molecule has 0 aliphatic carbocycles. The van der Waals surface area contributed by atoms with Crippen molar-refractivity contribution < 1.29 is 4.39 Å². The van der Waals surface area contributed by atoms with Gasteiger partial charge in [0.15, 0.2) is 5.65 Å². The summed E-state index contributed by atoms with van der Waals surface area (Å²) in [6.45, 7) is 0. The number of aromatic amines is 1. The number of nitrogens with zero attached hydrogens (tertiary/aromatic N) is 2. The number of rotatable bonds is 1. The number of imidazole rings is 1. The fraction of sp³-hybridized carbons (Fsp3) is 0. The van der Waals surface area contributed by atoms with Crippen molar-refractivity contribution >= 4 is 22.8 Å². The highest BCUT2D eigenvalue weighted by Gasteiger charge is 2.06. The molecule has 0 radical (unpaired) electrons. The number of hydrogen-bond donors (Lipinski definition) is 1. The van der Waals surface area contributed by atoms with E-state index in [0.29, 0.717) is 16.6 Å². The standard InChI is InChI=1S/C12H7ClFN3/c13-10-6-5-9-12(16-10)17-11(15-9)7-1-3-8(14)4-2-7/h1-6H,(H,15,16,17). The Bertz CT molecular complexity index is 676. The Hall–Kier alpha value is -1.94. The number of hydrogen-bond acceptors (Lipinski definition) is 2. The van der Waals surface area contributed by atoms with Crippen molar-refractivity contribution in [2.75, 3.05) is 0 Å². The molecule has 0 aliphatic heterocycles. The van der Waals surface area contributed by atoms with E-state index >= 15 is 0 Å². The fourth-order valence-electron chi connectivity index (χ4n) is 1.61. The smallest absolute Gasteiger partial charge is 0.179 e. The normalized spacial score (nSPS) is 10.9. The quantitative estimate of drug-likeness (QED) is 0.670. The number of H-pyrrole nitrogens is 1. The molecule has 5 heteroatoms. The van der Waals surface area contributed by atoms with Crippen LogP contribution in [0.3, 0.4) is 0 Å². The Morgan fingerprint density at radius 2 is 1.76 bits per heavy atom. The van der Waals surface area contributed by atoms with Gasteiger partial charge in [0.1, 0.15) is 16.8 Å². The molecule has 0 spiro atoms. The van der Waals surface area contributed by atoms with Crippen molar-refractivity contribution in [1.82, 2.24) is 15.0 Å². The summed E-state index contributed by atoms with van der Waals surface area (Å²) in [7, 11) is 0. The van der Waals surface area contributed by atoms with Crippen molar-refractivity contribution in [2.24, 2.45) is 0 Å². The molecule has 3 aromatic rings. The zero-order valence-corrected chi connectivity index (χ0v) is 9.37. The van der Waals surface area contributed by atoms with E-state index in [0.717, 1.165) is 11.1 Å². The summed E-state index contributed by atoms with van der Waals surface area (Å²) in [6, 6.07) is 9.61. The molecular formula is C12H7ClFN3. The van der Waals surface area contributed by atoms with E-state index in [1.54, 1.807) is 18.2 Å². The zero-order valence-electron chi connectivity index (χ0n) is 8.61. The molecule has 3 rings (SSSR count). The highest BCUT2D eigenvalue weighted by molar-refractivity contribution is 6.29. The van der Waals surface area contributed by atoms with Crippen LogP contribution in [0, 0.1) is 5.82 Å². The summed E-state index contributed by atoms with van der Waals surface area (Å²) in [5.74, 6) is 0.376. The first-order valence-electron chi connectivity index (χ1n) is 5.00. The Morgan fingerprint density at radius 1 is 1.00 bits per heavy atom. The second-order valence-electron chi connectivity index (χ2n) is 3.60. The molecule has 0 fully saturated rings. The van der Waals surface area contributed by atoms with Crippen LogP contribution in [0.25, 0.3) is 22.6 Å². The first kappa shape index (κ1) is 10.2. The van der Waals surface area contributed by atoms with E-state index in [1.807, 2.05) is 6.07 Å². The van der Waals surface area contributed by atoms with Crippen molar-refractivity contribution in [2.45, 2.75) is 0 Å². The predicted molar refractivity (Wildman–Crippen MR) is 64.3 cm³/mol. The van der Waals surface area contributed by atoms with Gasteiger partial charge in [0.25, 0.3) is 0 Å². The first-order chi connectivity index (χ1) is 8.22. The van der Waals surface area contributed by atoms with E-state index in [-0.39, 0.29) is 5.82 Å². The summed E-state index contributed by atoms with van der Waals surface area (Å²) in [5, 5.41) is 0.398. The summed E-state index contributed by atoms with van der Waals surface area (Å²) in [4.78, 5) is 11.5. The van der Waals surface area contributed by atoms with Gasteiger partial charge in [-0.05, 0) is 36.4 Å². The maximum Gasteiger partial charge on any atom is 0.179 e. The van der Waals surface area contributed by atoms with Gasteiger partial charge in [-0.15, -0.1) is 0 Å². The lowest BCUT2D eigenvalue weighted by Gasteiger charge is -1.94. The van der Waals surface area contributed by atoms with Gasteiger partial charge in [0.05, 0.1) is 5.52 Å². The van der Waals surface area contributed by atoms with Crippen LogP contribution in [-0.4, -0.2) is 15.0 Å². The van der Waals surface area contributed by atoms with E-state index in [9.17, 15) is 4.39 Å². The third-order valence-corrected chi connectivity index (χ3v) is 2.64. The van der Waals surface area contributed by atoms with Gasteiger partial charge in [0, 0.05) is 5.56 Å². The van der Waals surface area contributed by atoms with Crippen LogP contribution in [0.1, 0.15) is 0 Å². The fourth-order valence-corrected chi connectivity index (χ4v) is 1.76. The summed E-state index contributed by atoms with van der Waals surface area (Å²) in [6.07, 6.45) is 0. The first-order valence-corrected chi connectivity index (χ1v) is 5.38. The van der Waals surface area contributed by atoms with Crippen LogP contribution in [0.5, 0.6) is 0 Å². The van der Waals surface area contributed by atoms with Crippen molar-refractivity contribution in [3.63, 3.8) is 0 Å². The lowest BCUT2D eigenvalue weighted by atomic mass is 10.2.